The Bertz CT molecular complexity index is 649. The predicted octanol–water partition coefficient (Wildman–Crippen LogP) is 4.33. The van der Waals surface area contributed by atoms with Crippen LogP contribution in [0.5, 0.6) is 5.75 Å². The second kappa shape index (κ2) is 6.72. The molecule has 0 spiro atoms. The molecule has 2 N–H and O–H groups in total. The average molecular weight is 299 g/mol. The highest BCUT2D eigenvalue weighted by Gasteiger charge is 2.06. The lowest BCUT2D eigenvalue weighted by atomic mass is 10.0. The number of hydrogen-bond donors (Lipinski definition) is 1. The molecule has 2 aromatic carbocycles. The van der Waals surface area contributed by atoms with Crippen molar-refractivity contribution >= 4 is 17.2 Å². The van der Waals surface area contributed by atoms with Crippen LogP contribution in [0, 0.1) is 6.92 Å². The minimum Gasteiger partial charge on any atom is -0.489 e. The normalized spacial score (nSPS) is 10.7. The minimum absolute atomic E-state index is 0.412. The summed E-state index contributed by atoms with van der Waals surface area (Å²) in [6.45, 7) is 6.93. The maximum Gasteiger partial charge on any atom is 0.122 e. The molecule has 3 heteroatoms. The Kier molecular flexibility index (Phi) is 4.97. The first-order chi connectivity index (χ1) is 9.97. The predicted molar refractivity (Wildman–Crippen MR) is 91.9 cm³/mol. The van der Waals surface area contributed by atoms with Crippen LogP contribution in [0.2, 0.25) is 0 Å². The van der Waals surface area contributed by atoms with Gasteiger partial charge in [-0.1, -0.05) is 56.4 Å². The molecule has 0 aliphatic rings. The van der Waals surface area contributed by atoms with Crippen LogP contribution >= 0.6 is 12.2 Å². The first-order valence-electron chi connectivity index (χ1n) is 7.09. The van der Waals surface area contributed by atoms with E-state index >= 15 is 0 Å². The molecule has 21 heavy (non-hydrogen) atoms. The van der Waals surface area contributed by atoms with Crippen LogP contribution in [0.4, 0.5) is 0 Å². The zero-order chi connectivity index (χ0) is 15.4. The third-order valence-corrected chi connectivity index (χ3v) is 3.72. The number of aryl methyl sites for hydroxylation is 1. The van der Waals surface area contributed by atoms with E-state index in [0.29, 0.717) is 17.5 Å². The third kappa shape index (κ3) is 4.05. The van der Waals surface area contributed by atoms with Gasteiger partial charge in [0.25, 0.3) is 0 Å². The Balaban J connectivity index is 2.14. The molecule has 0 amide bonds. The van der Waals surface area contributed by atoms with Gasteiger partial charge < -0.3 is 10.5 Å². The van der Waals surface area contributed by atoms with Crippen molar-refractivity contribution in [3.63, 3.8) is 0 Å². The molecule has 0 saturated heterocycles. The fourth-order valence-corrected chi connectivity index (χ4v) is 2.23. The smallest absolute Gasteiger partial charge is 0.122 e. The van der Waals surface area contributed by atoms with Crippen LogP contribution < -0.4 is 10.5 Å². The maximum absolute atomic E-state index is 5.96. The molecule has 0 saturated carbocycles. The minimum atomic E-state index is 0.412. The highest BCUT2D eigenvalue weighted by atomic mass is 32.1. The molecule has 0 unspecified atom stereocenters. The summed E-state index contributed by atoms with van der Waals surface area (Å²) in [6, 6.07) is 14.2. The third-order valence-electron chi connectivity index (χ3n) is 3.48. The van der Waals surface area contributed by atoms with Gasteiger partial charge in [0, 0.05) is 5.56 Å². The zero-order valence-electron chi connectivity index (χ0n) is 12.7. The van der Waals surface area contributed by atoms with E-state index in [0.717, 1.165) is 22.4 Å². The number of benzene rings is 2. The Labute approximate surface area is 131 Å². The van der Waals surface area contributed by atoms with Gasteiger partial charge in [-0.05, 0) is 41.7 Å². The molecule has 0 atom stereocenters. The lowest BCUT2D eigenvalue weighted by molar-refractivity contribution is 0.303. The van der Waals surface area contributed by atoms with Crippen molar-refractivity contribution in [2.45, 2.75) is 33.3 Å². The molecular weight excluding hydrogens is 278 g/mol. The van der Waals surface area contributed by atoms with Crippen LogP contribution in [-0.4, -0.2) is 4.99 Å². The second-order valence-electron chi connectivity index (χ2n) is 5.53. The van der Waals surface area contributed by atoms with Crippen LogP contribution in [0.1, 0.15) is 42.0 Å². The summed E-state index contributed by atoms with van der Waals surface area (Å²) in [5.74, 6) is 1.42. The van der Waals surface area contributed by atoms with Gasteiger partial charge in [0.05, 0.1) is 0 Å². The fourth-order valence-electron chi connectivity index (χ4n) is 2.11. The summed E-state index contributed by atoms with van der Waals surface area (Å²) < 4.78 is 5.96. The van der Waals surface area contributed by atoms with E-state index < -0.39 is 0 Å². The van der Waals surface area contributed by atoms with Gasteiger partial charge in [0.1, 0.15) is 17.3 Å². The zero-order valence-corrected chi connectivity index (χ0v) is 13.5. The Morgan fingerprint density at radius 2 is 1.95 bits per heavy atom. The van der Waals surface area contributed by atoms with Gasteiger partial charge in [0.15, 0.2) is 0 Å². The average Bonchev–Trinajstić information content (AvgIpc) is 2.46. The number of hydrogen-bond acceptors (Lipinski definition) is 2. The van der Waals surface area contributed by atoms with Crippen molar-refractivity contribution < 1.29 is 4.74 Å². The number of thiocarbonyl (C=S) groups is 1. The number of ether oxygens (including phenoxy) is 1. The van der Waals surface area contributed by atoms with E-state index in [1.807, 2.05) is 24.3 Å². The first-order valence-corrected chi connectivity index (χ1v) is 7.50. The summed E-state index contributed by atoms with van der Waals surface area (Å²) >= 11 is 5.00. The van der Waals surface area contributed by atoms with Crippen molar-refractivity contribution in [2.24, 2.45) is 5.73 Å². The Morgan fingerprint density at radius 1 is 1.19 bits per heavy atom. The summed E-state index contributed by atoms with van der Waals surface area (Å²) in [4.78, 5) is 0.412. The van der Waals surface area contributed by atoms with Gasteiger partial charge in [0.2, 0.25) is 0 Å². The van der Waals surface area contributed by atoms with Crippen molar-refractivity contribution in [1.82, 2.24) is 0 Å². The molecule has 0 heterocycles. The van der Waals surface area contributed by atoms with Gasteiger partial charge >= 0.3 is 0 Å². The van der Waals surface area contributed by atoms with Crippen molar-refractivity contribution in [1.29, 1.82) is 0 Å². The van der Waals surface area contributed by atoms with Crippen LogP contribution in [0.3, 0.4) is 0 Å². The lowest BCUT2D eigenvalue weighted by Gasteiger charge is -2.13. The van der Waals surface area contributed by atoms with Gasteiger partial charge in [-0.2, -0.15) is 0 Å². The van der Waals surface area contributed by atoms with Crippen LogP contribution in [0.25, 0.3) is 0 Å². The quantitative estimate of drug-likeness (QED) is 0.835. The molecule has 2 rings (SSSR count). The summed E-state index contributed by atoms with van der Waals surface area (Å²) in [5, 5.41) is 0. The number of rotatable bonds is 5. The molecule has 0 aromatic heterocycles. The molecule has 0 bridgehead atoms. The van der Waals surface area contributed by atoms with Crippen molar-refractivity contribution in [2.75, 3.05) is 0 Å². The lowest BCUT2D eigenvalue weighted by Crippen LogP contribution is -2.09. The molecule has 0 radical (unpaired) electrons. The Morgan fingerprint density at radius 3 is 2.62 bits per heavy atom. The summed E-state index contributed by atoms with van der Waals surface area (Å²) in [5.41, 5.74) is 10.0. The van der Waals surface area contributed by atoms with Crippen molar-refractivity contribution in [3.05, 3.63) is 64.7 Å². The molecule has 0 aliphatic carbocycles. The van der Waals surface area contributed by atoms with Gasteiger partial charge in [-0.25, -0.2) is 0 Å². The maximum atomic E-state index is 5.96. The second-order valence-corrected chi connectivity index (χ2v) is 5.97. The molecule has 2 nitrogen and oxygen atoms in total. The number of nitrogens with two attached hydrogens (primary N) is 1. The standard InChI is InChI=1S/C18H21NOS/c1-12(2)15-8-7-13(3)17(10-15)20-11-14-5-4-6-16(9-14)18(19)21/h4-10,12H,11H2,1-3H3,(H2,19,21). The molecule has 2 aromatic rings. The van der Waals surface area contributed by atoms with Gasteiger partial charge in [-0.15, -0.1) is 0 Å². The topological polar surface area (TPSA) is 35.2 Å². The van der Waals surface area contributed by atoms with E-state index in [1.54, 1.807) is 0 Å². The summed E-state index contributed by atoms with van der Waals surface area (Å²) in [6.07, 6.45) is 0. The van der Waals surface area contributed by atoms with Crippen molar-refractivity contribution in [3.8, 4) is 5.75 Å². The SMILES string of the molecule is Cc1ccc(C(C)C)cc1OCc1cccc(C(N)=S)c1. The van der Waals surface area contributed by atoms with E-state index in [-0.39, 0.29) is 0 Å². The molecule has 110 valence electrons. The van der Waals surface area contributed by atoms with E-state index in [1.165, 1.54) is 5.56 Å². The molecule has 0 fully saturated rings. The van der Waals surface area contributed by atoms with E-state index in [4.69, 9.17) is 22.7 Å². The van der Waals surface area contributed by atoms with E-state index in [9.17, 15) is 0 Å². The first kappa shape index (κ1) is 15.5. The van der Waals surface area contributed by atoms with E-state index in [2.05, 4.69) is 39.0 Å². The molecular formula is C18H21NOS. The van der Waals surface area contributed by atoms with Gasteiger partial charge in [-0.3, -0.25) is 0 Å². The Hall–Kier alpha value is -1.87. The monoisotopic (exact) mass is 299 g/mol. The highest BCUT2D eigenvalue weighted by molar-refractivity contribution is 7.80. The fraction of sp³-hybridized carbons (Fsp3) is 0.278. The largest absolute Gasteiger partial charge is 0.489 e. The van der Waals surface area contributed by atoms with Crippen LogP contribution in [0.15, 0.2) is 42.5 Å². The highest BCUT2D eigenvalue weighted by Crippen LogP contribution is 2.25. The molecule has 0 aliphatic heterocycles. The van der Waals surface area contributed by atoms with Crippen LogP contribution in [-0.2, 0) is 6.61 Å². The summed E-state index contributed by atoms with van der Waals surface area (Å²) in [7, 11) is 0.